The van der Waals surface area contributed by atoms with Gasteiger partial charge in [0.05, 0.1) is 0 Å². The van der Waals surface area contributed by atoms with Gasteiger partial charge in [-0.2, -0.15) is 0 Å². The lowest BCUT2D eigenvalue weighted by Crippen LogP contribution is -2.13. The minimum atomic E-state index is -0.588. The minimum absolute atomic E-state index is 0.0983. The van der Waals surface area contributed by atoms with Crippen LogP contribution in [0.1, 0.15) is 12.5 Å². The van der Waals surface area contributed by atoms with Gasteiger partial charge in [-0.25, -0.2) is 4.79 Å². The van der Waals surface area contributed by atoms with Gasteiger partial charge in [0.2, 0.25) is 0 Å². The number of ether oxygens (including phenoxy) is 2. The van der Waals surface area contributed by atoms with Crippen molar-refractivity contribution in [3.63, 3.8) is 0 Å². The summed E-state index contributed by atoms with van der Waals surface area (Å²) < 4.78 is 9.73. The summed E-state index contributed by atoms with van der Waals surface area (Å²) in [5.41, 5.74) is 3.38. The molecule has 0 amide bonds. The molecule has 0 aliphatic carbocycles. The van der Waals surface area contributed by atoms with Crippen LogP contribution in [0, 0.1) is 0 Å². The summed E-state index contributed by atoms with van der Waals surface area (Å²) in [6, 6.07) is 9.27. The first-order valence-corrected chi connectivity index (χ1v) is 5.37. The highest BCUT2D eigenvalue weighted by molar-refractivity contribution is 5.88. The van der Waals surface area contributed by atoms with Crippen molar-refractivity contribution < 1.29 is 19.1 Å². The number of hydrogen-bond acceptors (Lipinski definition) is 4. The van der Waals surface area contributed by atoms with Gasteiger partial charge in [0, 0.05) is 6.92 Å². The van der Waals surface area contributed by atoms with Gasteiger partial charge in [-0.3, -0.25) is 4.79 Å². The zero-order valence-corrected chi connectivity index (χ0v) is 10.1. The molecule has 1 rings (SSSR count). The van der Waals surface area contributed by atoms with Crippen molar-refractivity contribution in [2.45, 2.75) is 13.5 Å². The molecule has 0 radical (unpaired) electrons. The quantitative estimate of drug-likeness (QED) is 0.453. The van der Waals surface area contributed by atoms with Gasteiger partial charge in [-0.1, -0.05) is 36.9 Å². The van der Waals surface area contributed by atoms with E-state index in [9.17, 15) is 9.59 Å². The molecule has 4 nitrogen and oxygen atoms in total. The van der Waals surface area contributed by atoms with Crippen molar-refractivity contribution in [3.8, 4) is 0 Å². The van der Waals surface area contributed by atoms with Crippen molar-refractivity contribution in [2.24, 2.45) is 0 Å². The van der Waals surface area contributed by atoms with E-state index in [-0.39, 0.29) is 18.8 Å². The summed E-state index contributed by atoms with van der Waals surface area (Å²) in [7, 11) is 0. The van der Waals surface area contributed by atoms with Crippen molar-refractivity contribution in [2.75, 3.05) is 6.61 Å². The predicted molar refractivity (Wildman–Crippen MR) is 65.5 cm³/mol. The van der Waals surface area contributed by atoms with Crippen molar-refractivity contribution >= 4 is 11.9 Å². The Morgan fingerprint density at radius 1 is 1.22 bits per heavy atom. The third-order valence-electron chi connectivity index (χ3n) is 2.09. The first-order valence-electron chi connectivity index (χ1n) is 5.37. The van der Waals surface area contributed by atoms with Crippen LogP contribution in [-0.4, -0.2) is 18.5 Å². The number of esters is 2. The Kier molecular flexibility index (Phi) is 5.42. The highest BCUT2D eigenvalue weighted by Crippen LogP contribution is 2.04. The molecule has 1 aromatic rings. The van der Waals surface area contributed by atoms with Gasteiger partial charge in [0.1, 0.15) is 18.8 Å². The first-order chi connectivity index (χ1) is 8.63. The maximum atomic E-state index is 11.6. The summed E-state index contributed by atoms with van der Waals surface area (Å²) >= 11 is 0. The van der Waals surface area contributed by atoms with Crippen LogP contribution < -0.4 is 0 Å². The van der Waals surface area contributed by atoms with Gasteiger partial charge in [-0.15, -0.1) is 5.73 Å². The topological polar surface area (TPSA) is 52.6 Å². The average molecular weight is 246 g/mol. The largest absolute Gasteiger partial charge is 0.460 e. The smallest absolute Gasteiger partial charge is 0.345 e. The lowest BCUT2D eigenvalue weighted by molar-refractivity contribution is -0.143. The normalized spacial score (nSPS) is 9.17. The molecule has 94 valence electrons. The molecule has 0 bridgehead atoms. The van der Waals surface area contributed by atoms with Crippen LogP contribution >= 0.6 is 0 Å². The Balaban J connectivity index is 2.49. The van der Waals surface area contributed by atoms with Crippen molar-refractivity contribution in [1.29, 1.82) is 0 Å². The predicted octanol–water partition coefficient (Wildman–Crippen LogP) is 2.00. The SMILES string of the molecule is C=C=C(COC(C)=O)C(=O)OCc1ccccc1. The van der Waals surface area contributed by atoms with Gasteiger partial charge in [0.15, 0.2) is 0 Å². The zero-order chi connectivity index (χ0) is 13.4. The molecule has 0 aliphatic rings. The number of rotatable bonds is 5. The lowest BCUT2D eigenvalue weighted by Gasteiger charge is -2.06. The highest BCUT2D eigenvalue weighted by Gasteiger charge is 2.12. The maximum absolute atomic E-state index is 11.6. The lowest BCUT2D eigenvalue weighted by atomic mass is 10.2. The van der Waals surface area contributed by atoms with E-state index in [1.54, 1.807) is 0 Å². The van der Waals surface area contributed by atoms with E-state index in [0.717, 1.165) is 5.56 Å². The van der Waals surface area contributed by atoms with Crippen LogP contribution in [0.2, 0.25) is 0 Å². The van der Waals surface area contributed by atoms with E-state index >= 15 is 0 Å². The number of benzene rings is 1. The van der Waals surface area contributed by atoms with Crippen LogP contribution in [0.3, 0.4) is 0 Å². The molecule has 0 saturated heterocycles. The van der Waals surface area contributed by atoms with Crippen LogP contribution in [-0.2, 0) is 25.7 Å². The second-order valence-corrected chi connectivity index (χ2v) is 3.50. The molecule has 0 heterocycles. The van der Waals surface area contributed by atoms with Gasteiger partial charge < -0.3 is 9.47 Å². The minimum Gasteiger partial charge on any atom is -0.460 e. The van der Waals surface area contributed by atoms with Gasteiger partial charge >= 0.3 is 11.9 Å². The fourth-order valence-corrected chi connectivity index (χ4v) is 1.17. The van der Waals surface area contributed by atoms with Gasteiger partial charge in [-0.05, 0) is 5.56 Å². The fourth-order valence-electron chi connectivity index (χ4n) is 1.17. The summed E-state index contributed by atoms with van der Waals surface area (Å²) in [5.74, 6) is -1.06. The molecular formula is C14H14O4. The van der Waals surface area contributed by atoms with E-state index in [1.807, 2.05) is 30.3 Å². The average Bonchev–Trinajstić information content (AvgIpc) is 2.38. The van der Waals surface area contributed by atoms with E-state index < -0.39 is 11.9 Å². The van der Waals surface area contributed by atoms with E-state index in [4.69, 9.17) is 4.74 Å². The number of carbonyl (C=O) groups is 2. The van der Waals surface area contributed by atoms with Crippen molar-refractivity contribution in [1.82, 2.24) is 0 Å². The third-order valence-corrected chi connectivity index (χ3v) is 2.09. The second-order valence-electron chi connectivity index (χ2n) is 3.50. The molecule has 0 fully saturated rings. The molecule has 0 aromatic heterocycles. The Morgan fingerprint density at radius 3 is 2.44 bits per heavy atom. The zero-order valence-electron chi connectivity index (χ0n) is 10.1. The number of hydrogen-bond donors (Lipinski definition) is 0. The van der Waals surface area contributed by atoms with Crippen LogP contribution in [0.4, 0.5) is 0 Å². The summed E-state index contributed by atoms with van der Waals surface area (Å²) in [6.07, 6.45) is 0. The Hall–Kier alpha value is -2.32. The fraction of sp³-hybridized carbons (Fsp3) is 0.214. The van der Waals surface area contributed by atoms with E-state index in [0.29, 0.717) is 0 Å². The molecule has 18 heavy (non-hydrogen) atoms. The molecule has 0 saturated carbocycles. The van der Waals surface area contributed by atoms with Crippen LogP contribution in [0.5, 0.6) is 0 Å². The summed E-state index contributed by atoms with van der Waals surface area (Å²) in [6.45, 7) is 4.60. The molecule has 4 heteroatoms. The van der Waals surface area contributed by atoms with Crippen molar-refractivity contribution in [3.05, 3.63) is 53.8 Å². The van der Waals surface area contributed by atoms with Crippen LogP contribution in [0.25, 0.3) is 0 Å². The molecule has 0 unspecified atom stereocenters. The molecular weight excluding hydrogens is 232 g/mol. The Labute approximate surface area is 106 Å². The third kappa shape index (κ3) is 4.68. The Morgan fingerprint density at radius 2 is 1.89 bits per heavy atom. The summed E-state index contributed by atoms with van der Waals surface area (Å²) in [5, 5.41) is 0. The summed E-state index contributed by atoms with van der Waals surface area (Å²) in [4.78, 5) is 22.2. The standard InChI is InChI=1S/C14H14O4/c1-3-13(10-17-11(2)15)14(16)18-9-12-7-5-4-6-8-12/h4-8H,1,9-10H2,2H3. The second kappa shape index (κ2) is 7.09. The van der Waals surface area contributed by atoms with Crippen LogP contribution in [0.15, 0.2) is 48.2 Å². The van der Waals surface area contributed by atoms with E-state index in [1.165, 1.54) is 6.92 Å². The maximum Gasteiger partial charge on any atom is 0.345 e. The molecule has 0 spiro atoms. The first kappa shape index (κ1) is 13.7. The monoisotopic (exact) mass is 246 g/mol. The highest BCUT2D eigenvalue weighted by atomic mass is 16.5. The van der Waals surface area contributed by atoms with E-state index in [2.05, 4.69) is 17.0 Å². The molecule has 0 aliphatic heterocycles. The molecule has 0 atom stereocenters. The van der Waals surface area contributed by atoms with Gasteiger partial charge in [0.25, 0.3) is 0 Å². The molecule has 0 N–H and O–H groups in total. The number of carbonyl (C=O) groups excluding carboxylic acids is 2. The molecule has 1 aromatic carbocycles. The Bertz CT molecular complexity index is 470.